The first-order chi connectivity index (χ1) is 18.4. The van der Waals surface area contributed by atoms with Gasteiger partial charge in [-0.15, -0.1) is 0 Å². The molecular weight excluding hydrogens is 522 g/mol. The molecule has 4 aromatic rings. The highest BCUT2D eigenvalue weighted by molar-refractivity contribution is 5.76. The van der Waals surface area contributed by atoms with E-state index in [1.165, 1.54) is 23.0 Å². The number of hydrogen-bond acceptors (Lipinski definition) is 4. The molecule has 0 N–H and O–H groups in total. The van der Waals surface area contributed by atoms with Crippen LogP contribution in [0.4, 0.5) is 26.3 Å². The Morgan fingerprint density at radius 3 is 2.21 bits per heavy atom. The third kappa shape index (κ3) is 5.39. The van der Waals surface area contributed by atoms with Gasteiger partial charge < -0.3 is 0 Å². The second-order valence-electron chi connectivity index (χ2n) is 9.86. The van der Waals surface area contributed by atoms with Gasteiger partial charge in [-0.3, -0.25) is 19.3 Å². The molecule has 0 bridgehead atoms. The third-order valence-electron chi connectivity index (χ3n) is 7.37. The number of hydrogen-bond donors (Lipinski definition) is 0. The number of halogens is 6. The number of pyridine rings is 4. The highest BCUT2D eigenvalue weighted by Gasteiger charge is 2.37. The quantitative estimate of drug-likeness (QED) is 0.258. The Kier molecular flexibility index (Phi) is 6.94. The van der Waals surface area contributed by atoms with Gasteiger partial charge in [-0.25, -0.2) is 4.98 Å². The zero-order chi connectivity index (χ0) is 27.9. The maximum absolute atomic E-state index is 13.8. The van der Waals surface area contributed by atoms with Crippen LogP contribution < -0.4 is 5.56 Å². The van der Waals surface area contributed by atoms with Crippen LogP contribution in [0.5, 0.6) is 0 Å². The Morgan fingerprint density at radius 2 is 1.54 bits per heavy atom. The predicted molar refractivity (Wildman–Crippen MR) is 132 cm³/mol. The summed E-state index contributed by atoms with van der Waals surface area (Å²) in [5, 5.41) is 0.591. The van der Waals surface area contributed by atoms with E-state index in [2.05, 4.69) is 15.0 Å². The van der Waals surface area contributed by atoms with Gasteiger partial charge in [0, 0.05) is 35.2 Å². The smallest absolute Gasteiger partial charge is 0.286 e. The van der Waals surface area contributed by atoms with Crippen molar-refractivity contribution in [2.45, 2.75) is 63.3 Å². The number of aryl methyl sites for hydroxylation is 1. The minimum atomic E-state index is -4.65. The molecule has 5 rings (SSSR count). The SMILES string of the molecule is Cc1ccc2cc([C@H]3CC[C@H](c4cnccc4C(F)(F)F)CC3)c(=O)n(Cc3ncccc3C(F)(F)F)c2n1. The number of nitrogens with zero attached hydrogens (tertiary/aromatic N) is 4. The normalized spacial score (nSPS) is 18.4. The largest absolute Gasteiger partial charge is 0.418 e. The van der Waals surface area contributed by atoms with E-state index in [9.17, 15) is 31.1 Å². The molecule has 1 aliphatic rings. The van der Waals surface area contributed by atoms with E-state index in [-0.39, 0.29) is 28.7 Å². The van der Waals surface area contributed by atoms with Gasteiger partial charge in [0.2, 0.25) is 0 Å². The standard InChI is InChI=1S/C28H24F6N4O/c1-16-4-5-19-13-20(17-6-8-18(9-7-17)21-14-35-12-10-22(21)27(29,30)31)26(39)38(25(19)37-16)15-24-23(28(32,33)34)3-2-11-36-24/h2-5,10-14,17-18H,6-9,15H2,1H3/t17-,18-. The van der Waals surface area contributed by atoms with Crippen LogP contribution in [0, 0.1) is 6.92 Å². The fourth-order valence-electron chi connectivity index (χ4n) is 5.48. The summed E-state index contributed by atoms with van der Waals surface area (Å²) in [6.45, 7) is 1.30. The monoisotopic (exact) mass is 546 g/mol. The Bertz CT molecular complexity index is 1570. The molecule has 1 fully saturated rings. The van der Waals surface area contributed by atoms with E-state index in [0.29, 0.717) is 42.3 Å². The van der Waals surface area contributed by atoms with Crippen molar-refractivity contribution >= 4 is 11.0 Å². The van der Waals surface area contributed by atoms with E-state index < -0.39 is 35.6 Å². The molecular formula is C28H24F6N4O. The molecule has 11 heteroatoms. The van der Waals surface area contributed by atoms with Crippen LogP contribution >= 0.6 is 0 Å². The van der Waals surface area contributed by atoms with E-state index in [0.717, 1.165) is 18.3 Å². The fraction of sp³-hybridized carbons (Fsp3) is 0.357. The van der Waals surface area contributed by atoms with Gasteiger partial charge >= 0.3 is 12.4 Å². The topological polar surface area (TPSA) is 60.7 Å². The van der Waals surface area contributed by atoms with Crippen molar-refractivity contribution in [3.8, 4) is 0 Å². The van der Waals surface area contributed by atoms with E-state index in [1.807, 2.05) is 0 Å². The lowest BCUT2D eigenvalue weighted by Crippen LogP contribution is -2.29. The summed E-state index contributed by atoms with van der Waals surface area (Å²) in [5.74, 6) is -0.621. The Hall–Kier alpha value is -3.76. The van der Waals surface area contributed by atoms with Gasteiger partial charge in [-0.05, 0) is 86.4 Å². The van der Waals surface area contributed by atoms with Crippen molar-refractivity contribution in [1.29, 1.82) is 0 Å². The lowest BCUT2D eigenvalue weighted by molar-refractivity contribution is -0.139. The summed E-state index contributed by atoms with van der Waals surface area (Å²) in [7, 11) is 0. The second-order valence-corrected chi connectivity index (χ2v) is 9.86. The highest BCUT2D eigenvalue weighted by atomic mass is 19.4. The average Bonchev–Trinajstić information content (AvgIpc) is 2.90. The zero-order valence-electron chi connectivity index (χ0n) is 20.9. The van der Waals surface area contributed by atoms with Crippen LogP contribution in [0.1, 0.15) is 71.2 Å². The lowest BCUT2D eigenvalue weighted by Gasteiger charge is -2.30. The van der Waals surface area contributed by atoms with E-state index >= 15 is 0 Å². The molecule has 204 valence electrons. The van der Waals surface area contributed by atoms with Crippen LogP contribution in [0.15, 0.2) is 59.8 Å². The Labute approximate surface area is 219 Å². The third-order valence-corrected chi connectivity index (χ3v) is 7.37. The average molecular weight is 547 g/mol. The summed E-state index contributed by atoms with van der Waals surface area (Å²) in [5.41, 5.74) is -0.993. The van der Waals surface area contributed by atoms with Gasteiger partial charge in [-0.2, -0.15) is 26.3 Å². The highest BCUT2D eigenvalue weighted by Crippen LogP contribution is 2.44. The molecule has 0 saturated heterocycles. The van der Waals surface area contributed by atoms with E-state index in [1.54, 1.807) is 25.1 Å². The summed E-state index contributed by atoms with van der Waals surface area (Å²) in [6, 6.07) is 8.31. The molecule has 4 aromatic heterocycles. The molecule has 0 unspecified atom stereocenters. The van der Waals surface area contributed by atoms with Gasteiger partial charge in [0.1, 0.15) is 5.65 Å². The Morgan fingerprint density at radius 1 is 0.872 bits per heavy atom. The minimum Gasteiger partial charge on any atom is -0.286 e. The van der Waals surface area contributed by atoms with Gasteiger partial charge in [0.25, 0.3) is 5.56 Å². The number of alkyl halides is 6. The molecule has 1 aliphatic carbocycles. The summed E-state index contributed by atoms with van der Waals surface area (Å²) >= 11 is 0. The molecule has 4 heterocycles. The number of aromatic nitrogens is 4. The van der Waals surface area contributed by atoms with Crippen LogP contribution in [0.25, 0.3) is 11.0 Å². The first-order valence-corrected chi connectivity index (χ1v) is 12.5. The summed E-state index contributed by atoms with van der Waals surface area (Å²) < 4.78 is 82.8. The van der Waals surface area contributed by atoms with E-state index in [4.69, 9.17) is 0 Å². The van der Waals surface area contributed by atoms with Crippen LogP contribution in [0.3, 0.4) is 0 Å². The van der Waals surface area contributed by atoms with Crippen molar-refractivity contribution < 1.29 is 26.3 Å². The number of fused-ring (bicyclic) bond motifs is 1. The van der Waals surface area contributed by atoms with Crippen molar-refractivity contribution in [3.05, 3.63) is 99.0 Å². The van der Waals surface area contributed by atoms with Crippen molar-refractivity contribution in [1.82, 2.24) is 19.5 Å². The fourth-order valence-corrected chi connectivity index (χ4v) is 5.48. The van der Waals surface area contributed by atoms with Gasteiger partial charge in [-0.1, -0.05) is 0 Å². The molecule has 0 aromatic carbocycles. The summed E-state index contributed by atoms with van der Waals surface area (Å²) in [4.78, 5) is 26.0. The van der Waals surface area contributed by atoms with Crippen molar-refractivity contribution in [3.63, 3.8) is 0 Å². The van der Waals surface area contributed by atoms with Crippen molar-refractivity contribution in [2.24, 2.45) is 0 Å². The van der Waals surface area contributed by atoms with Crippen molar-refractivity contribution in [2.75, 3.05) is 0 Å². The molecule has 0 spiro atoms. The Balaban J connectivity index is 1.51. The molecule has 5 nitrogen and oxygen atoms in total. The van der Waals surface area contributed by atoms with Crippen LogP contribution in [-0.2, 0) is 18.9 Å². The predicted octanol–water partition coefficient (Wildman–Crippen LogP) is 7.02. The number of rotatable bonds is 4. The maximum Gasteiger partial charge on any atom is 0.418 e. The molecule has 0 atom stereocenters. The first kappa shape index (κ1) is 26.8. The molecule has 39 heavy (non-hydrogen) atoms. The second kappa shape index (κ2) is 10.1. The maximum atomic E-state index is 13.8. The molecule has 0 aliphatic heterocycles. The molecule has 0 amide bonds. The zero-order valence-corrected chi connectivity index (χ0v) is 20.9. The van der Waals surface area contributed by atoms with Crippen LogP contribution in [-0.4, -0.2) is 19.5 Å². The van der Waals surface area contributed by atoms with Gasteiger partial charge in [0.05, 0.1) is 23.4 Å². The minimum absolute atomic E-state index is 0.147. The lowest BCUT2D eigenvalue weighted by atomic mass is 9.75. The summed E-state index contributed by atoms with van der Waals surface area (Å²) in [6.07, 6.45) is -3.77. The van der Waals surface area contributed by atoms with Gasteiger partial charge in [0.15, 0.2) is 0 Å². The molecule has 1 saturated carbocycles. The van der Waals surface area contributed by atoms with Crippen LogP contribution in [0.2, 0.25) is 0 Å². The first-order valence-electron chi connectivity index (χ1n) is 12.5. The molecule has 0 radical (unpaired) electrons.